The van der Waals surface area contributed by atoms with Gasteiger partial charge in [0.05, 0.1) is 17.2 Å². The molecule has 134 valence electrons. The molecule has 0 radical (unpaired) electrons. The molecule has 3 nitrogen and oxygen atoms in total. The van der Waals surface area contributed by atoms with Crippen LogP contribution in [0.3, 0.4) is 0 Å². The minimum absolute atomic E-state index is 0.504. The molecule has 0 saturated heterocycles. The monoisotopic (exact) mass is 355 g/mol. The number of nitrogens with zero attached hydrogens (tertiary/aromatic N) is 2. The van der Waals surface area contributed by atoms with E-state index in [4.69, 9.17) is 4.42 Å². The number of fused-ring (bicyclic) bond motifs is 3. The molecule has 0 aliphatic heterocycles. The third-order valence-electron chi connectivity index (χ3n) is 5.10. The lowest BCUT2D eigenvalue weighted by atomic mass is 9.94. The van der Waals surface area contributed by atoms with Gasteiger partial charge in [0.15, 0.2) is 6.20 Å². The van der Waals surface area contributed by atoms with E-state index in [2.05, 4.69) is 49.6 Å². The van der Waals surface area contributed by atoms with Gasteiger partial charge in [0, 0.05) is 22.9 Å². The summed E-state index contributed by atoms with van der Waals surface area (Å²) in [6.45, 7) is 6.52. The minimum atomic E-state index is 0.504. The summed E-state index contributed by atoms with van der Waals surface area (Å²) in [6, 6.07) is 16.7. The van der Waals surface area contributed by atoms with E-state index in [1.165, 1.54) is 11.1 Å². The maximum absolute atomic E-state index is 9.45. The van der Waals surface area contributed by atoms with Gasteiger partial charge in [-0.3, -0.25) is 0 Å². The zero-order valence-electron chi connectivity index (χ0n) is 16.2. The van der Waals surface area contributed by atoms with E-state index in [9.17, 15) is 5.26 Å². The Bertz CT molecular complexity index is 1210. The highest BCUT2D eigenvalue weighted by atomic mass is 16.3. The number of aromatic nitrogens is 1. The third-order valence-corrected chi connectivity index (χ3v) is 5.10. The zero-order valence-corrected chi connectivity index (χ0v) is 16.2. The summed E-state index contributed by atoms with van der Waals surface area (Å²) in [5.41, 5.74) is 6.93. The standard InChI is InChI=1S/C24H23N2O/c1-15(2)11-18-12-17(14-25)13-21-23(18)19-9-8-16(3)22(24(19)27-21)20-7-5-6-10-26(20)4/h5-10,12-13,15H,11H2,1-4H3/q+1. The summed E-state index contributed by atoms with van der Waals surface area (Å²) in [5.74, 6) is 0.504. The molecule has 0 saturated carbocycles. The van der Waals surface area contributed by atoms with Crippen LogP contribution >= 0.6 is 0 Å². The van der Waals surface area contributed by atoms with Crippen molar-refractivity contribution in [3.05, 3.63) is 65.4 Å². The molecule has 0 N–H and O–H groups in total. The number of nitriles is 1. The summed E-state index contributed by atoms with van der Waals surface area (Å²) >= 11 is 0. The van der Waals surface area contributed by atoms with Crippen molar-refractivity contribution in [2.45, 2.75) is 27.2 Å². The number of hydrogen-bond acceptors (Lipinski definition) is 2. The van der Waals surface area contributed by atoms with Gasteiger partial charge < -0.3 is 4.42 Å². The smallest absolute Gasteiger partial charge is 0.216 e. The minimum Gasteiger partial charge on any atom is -0.455 e. The molecule has 0 aliphatic rings. The second-order valence-electron chi connectivity index (χ2n) is 7.65. The number of benzene rings is 2. The predicted octanol–water partition coefficient (Wildman–Crippen LogP) is 5.46. The Morgan fingerprint density at radius 2 is 1.96 bits per heavy atom. The maximum atomic E-state index is 9.45. The van der Waals surface area contributed by atoms with Crippen LogP contribution in [0.2, 0.25) is 0 Å². The van der Waals surface area contributed by atoms with Gasteiger partial charge in [0.1, 0.15) is 18.2 Å². The second-order valence-corrected chi connectivity index (χ2v) is 7.65. The largest absolute Gasteiger partial charge is 0.455 e. The van der Waals surface area contributed by atoms with E-state index in [0.29, 0.717) is 11.5 Å². The first-order valence-electron chi connectivity index (χ1n) is 9.33. The average molecular weight is 355 g/mol. The van der Waals surface area contributed by atoms with Crippen molar-refractivity contribution >= 4 is 21.9 Å². The molecule has 2 aromatic heterocycles. The molecule has 2 heterocycles. The van der Waals surface area contributed by atoms with Crippen LogP contribution in [0.15, 0.2) is 53.1 Å². The molecule has 4 aromatic rings. The van der Waals surface area contributed by atoms with Crippen molar-refractivity contribution in [1.82, 2.24) is 0 Å². The topological polar surface area (TPSA) is 40.8 Å². The van der Waals surface area contributed by atoms with Crippen LogP contribution in [0.4, 0.5) is 0 Å². The molecule has 3 heteroatoms. The van der Waals surface area contributed by atoms with Crippen LogP contribution < -0.4 is 4.57 Å². The fourth-order valence-electron chi connectivity index (χ4n) is 3.92. The zero-order chi connectivity index (χ0) is 19.1. The fraction of sp³-hybridized carbons (Fsp3) is 0.250. The van der Waals surface area contributed by atoms with Crippen LogP contribution in [0.1, 0.15) is 30.5 Å². The summed E-state index contributed by atoms with van der Waals surface area (Å²) in [4.78, 5) is 0. The van der Waals surface area contributed by atoms with Crippen LogP contribution in [-0.4, -0.2) is 0 Å². The summed E-state index contributed by atoms with van der Waals surface area (Å²) in [6.07, 6.45) is 2.97. The molecular weight excluding hydrogens is 332 g/mol. The van der Waals surface area contributed by atoms with E-state index in [1.54, 1.807) is 0 Å². The Morgan fingerprint density at radius 3 is 2.67 bits per heavy atom. The third kappa shape index (κ3) is 2.88. The van der Waals surface area contributed by atoms with Gasteiger partial charge in [-0.15, -0.1) is 0 Å². The quantitative estimate of drug-likeness (QED) is 0.458. The summed E-state index contributed by atoms with van der Waals surface area (Å²) in [5, 5.41) is 11.7. The highest BCUT2D eigenvalue weighted by Crippen LogP contribution is 2.39. The first kappa shape index (κ1) is 17.3. The van der Waals surface area contributed by atoms with Crippen molar-refractivity contribution in [3.63, 3.8) is 0 Å². The number of furan rings is 1. The first-order chi connectivity index (χ1) is 13.0. The summed E-state index contributed by atoms with van der Waals surface area (Å²) < 4.78 is 8.49. The van der Waals surface area contributed by atoms with Crippen molar-refractivity contribution < 1.29 is 8.98 Å². The Kier molecular flexibility index (Phi) is 4.20. The van der Waals surface area contributed by atoms with Crippen LogP contribution in [-0.2, 0) is 13.5 Å². The fourth-order valence-corrected chi connectivity index (χ4v) is 3.92. The van der Waals surface area contributed by atoms with Gasteiger partial charge >= 0.3 is 0 Å². The lowest BCUT2D eigenvalue weighted by Crippen LogP contribution is -2.30. The molecule has 0 fully saturated rings. The first-order valence-corrected chi connectivity index (χ1v) is 9.33. The summed E-state index contributed by atoms with van der Waals surface area (Å²) in [7, 11) is 2.05. The maximum Gasteiger partial charge on any atom is 0.216 e. The lowest BCUT2D eigenvalue weighted by Gasteiger charge is -2.08. The van der Waals surface area contributed by atoms with Crippen molar-refractivity contribution in [2.24, 2.45) is 13.0 Å². The number of pyridine rings is 1. The van der Waals surface area contributed by atoms with Gasteiger partial charge in [0.2, 0.25) is 5.69 Å². The van der Waals surface area contributed by atoms with E-state index in [1.807, 2.05) is 37.5 Å². The molecular formula is C24H23N2O+. The van der Waals surface area contributed by atoms with Gasteiger partial charge in [-0.1, -0.05) is 26.0 Å². The van der Waals surface area contributed by atoms with Gasteiger partial charge in [0.25, 0.3) is 0 Å². The van der Waals surface area contributed by atoms with Crippen LogP contribution in [0, 0.1) is 24.2 Å². The normalized spacial score (nSPS) is 11.4. The Balaban J connectivity index is 2.12. The van der Waals surface area contributed by atoms with Gasteiger partial charge in [-0.25, -0.2) is 4.57 Å². The van der Waals surface area contributed by atoms with Crippen LogP contribution in [0.25, 0.3) is 33.2 Å². The molecule has 0 atom stereocenters. The Hall–Kier alpha value is -3.12. The van der Waals surface area contributed by atoms with E-state index < -0.39 is 0 Å². The molecule has 0 bridgehead atoms. The molecule has 0 amide bonds. The second kappa shape index (κ2) is 6.55. The number of hydrogen-bond donors (Lipinski definition) is 0. The molecule has 0 aliphatic carbocycles. The van der Waals surface area contributed by atoms with E-state index in [0.717, 1.165) is 39.6 Å². The number of aryl methyl sites for hydroxylation is 2. The van der Waals surface area contributed by atoms with Crippen LogP contribution in [0.5, 0.6) is 0 Å². The van der Waals surface area contributed by atoms with Gasteiger partial charge in [-0.05, 0) is 48.6 Å². The van der Waals surface area contributed by atoms with Crippen molar-refractivity contribution in [2.75, 3.05) is 0 Å². The van der Waals surface area contributed by atoms with Crippen molar-refractivity contribution in [3.8, 4) is 17.3 Å². The molecule has 2 aromatic carbocycles. The Morgan fingerprint density at radius 1 is 1.15 bits per heavy atom. The van der Waals surface area contributed by atoms with Gasteiger partial charge in [-0.2, -0.15) is 5.26 Å². The molecule has 27 heavy (non-hydrogen) atoms. The Labute approximate surface area is 159 Å². The van der Waals surface area contributed by atoms with E-state index >= 15 is 0 Å². The molecule has 0 spiro atoms. The number of rotatable bonds is 3. The highest BCUT2D eigenvalue weighted by Gasteiger charge is 2.21. The van der Waals surface area contributed by atoms with E-state index in [-0.39, 0.29) is 0 Å². The molecule has 4 rings (SSSR count). The SMILES string of the molecule is Cc1ccc2c(oc3cc(C#N)cc(CC(C)C)c32)c1-c1cccc[n+]1C. The average Bonchev–Trinajstić information content (AvgIpc) is 3.00. The molecule has 0 unspecified atom stereocenters. The lowest BCUT2D eigenvalue weighted by molar-refractivity contribution is -0.660. The predicted molar refractivity (Wildman–Crippen MR) is 108 cm³/mol. The highest BCUT2D eigenvalue weighted by molar-refractivity contribution is 6.11. The van der Waals surface area contributed by atoms with Crippen molar-refractivity contribution in [1.29, 1.82) is 5.26 Å².